The molecule has 1 saturated heterocycles. The third kappa shape index (κ3) is 1.86. The lowest BCUT2D eigenvalue weighted by Gasteiger charge is -2.17. The maximum Gasteiger partial charge on any atom is 0.341 e. The van der Waals surface area contributed by atoms with Crippen LogP contribution in [-0.4, -0.2) is 17.8 Å². The average Bonchev–Trinajstić information content (AvgIpc) is 2.44. The van der Waals surface area contributed by atoms with Gasteiger partial charge in [-0.15, -0.1) is 0 Å². The number of benzene rings is 1. The van der Waals surface area contributed by atoms with E-state index < -0.39 is 7.67 Å². The van der Waals surface area contributed by atoms with E-state index in [4.69, 9.17) is 10.0 Å². The van der Waals surface area contributed by atoms with Crippen LogP contribution in [0.4, 0.5) is 0 Å². The summed E-state index contributed by atoms with van der Waals surface area (Å²) in [6.07, 6.45) is -0.202. The van der Waals surface area contributed by atoms with Crippen molar-refractivity contribution < 1.29 is 9.09 Å². The zero-order chi connectivity index (χ0) is 11.1. The lowest BCUT2D eigenvalue weighted by molar-refractivity contribution is 0.210. The minimum Gasteiger partial charge on any atom is -0.296 e. The van der Waals surface area contributed by atoms with E-state index in [1.54, 1.807) is 11.7 Å². The molecule has 2 N–H and O–H groups in total. The monoisotopic (exact) mass is 226 g/mol. The van der Waals surface area contributed by atoms with E-state index in [0.29, 0.717) is 0 Å². The van der Waals surface area contributed by atoms with Crippen LogP contribution < -0.4 is 5.50 Å². The number of rotatable bonds is 1. The van der Waals surface area contributed by atoms with E-state index in [-0.39, 0.29) is 12.1 Å². The minimum absolute atomic E-state index is 0.0308. The molecule has 1 aromatic rings. The van der Waals surface area contributed by atoms with Gasteiger partial charge in [-0.25, -0.2) is 10.2 Å². The highest BCUT2D eigenvalue weighted by molar-refractivity contribution is 7.54. The van der Waals surface area contributed by atoms with Crippen molar-refractivity contribution in [3.63, 3.8) is 0 Å². The van der Waals surface area contributed by atoms with Gasteiger partial charge in [-0.3, -0.25) is 9.09 Å². The molecule has 0 radical (unpaired) electrons. The van der Waals surface area contributed by atoms with Crippen molar-refractivity contribution in [3.05, 3.63) is 35.9 Å². The van der Waals surface area contributed by atoms with E-state index in [1.807, 2.05) is 37.3 Å². The van der Waals surface area contributed by atoms with E-state index in [1.165, 1.54) is 0 Å². The SMILES string of the molecule is C[C@H]1C(c2ccccc2)OP(N)(=O)N1C. The van der Waals surface area contributed by atoms with E-state index >= 15 is 0 Å². The molecule has 1 fully saturated rings. The summed E-state index contributed by atoms with van der Waals surface area (Å²) in [4.78, 5) is 0. The van der Waals surface area contributed by atoms with Gasteiger partial charge in [0.15, 0.2) is 0 Å². The zero-order valence-electron chi connectivity index (χ0n) is 8.83. The molecule has 5 heteroatoms. The Morgan fingerprint density at radius 1 is 1.40 bits per heavy atom. The molecule has 1 aliphatic rings. The molecule has 0 bridgehead atoms. The van der Waals surface area contributed by atoms with Gasteiger partial charge in [-0.1, -0.05) is 30.3 Å². The van der Waals surface area contributed by atoms with Gasteiger partial charge in [0.25, 0.3) is 0 Å². The number of hydrogen-bond donors (Lipinski definition) is 1. The molecule has 1 aromatic carbocycles. The van der Waals surface area contributed by atoms with Crippen molar-refractivity contribution in [2.45, 2.75) is 19.1 Å². The van der Waals surface area contributed by atoms with Gasteiger partial charge in [0.1, 0.15) is 6.10 Å². The molecule has 4 nitrogen and oxygen atoms in total. The molecule has 0 amide bonds. The number of likely N-dealkylation sites (N-methyl/N-ethyl adjacent to an activating group) is 1. The van der Waals surface area contributed by atoms with Gasteiger partial charge in [0.2, 0.25) is 0 Å². The van der Waals surface area contributed by atoms with Crippen LogP contribution in [0.25, 0.3) is 0 Å². The van der Waals surface area contributed by atoms with Gasteiger partial charge < -0.3 is 0 Å². The quantitative estimate of drug-likeness (QED) is 0.745. The second kappa shape index (κ2) is 3.72. The van der Waals surface area contributed by atoms with Gasteiger partial charge >= 0.3 is 7.67 Å². The lowest BCUT2D eigenvalue weighted by Crippen LogP contribution is -2.24. The maximum absolute atomic E-state index is 11.8. The Bertz CT molecular complexity index is 396. The first-order valence-corrected chi connectivity index (χ1v) is 6.52. The summed E-state index contributed by atoms with van der Waals surface area (Å²) in [5.41, 5.74) is 6.61. The highest BCUT2D eigenvalue weighted by atomic mass is 31.2. The van der Waals surface area contributed by atoms with Crippen LogP contribution in [0.2, 0.25) is 0 Å². The fourth-order valence-corrected chi connectivity index (χ4v) is 3.16. The molecule has 2 unspecified atom stereocenters. The molecule has 3 atom stereocenters. The third-order valence-corrected chi connectivity index (χ3v) is 4.63. The molecule has 0 aliphatic carbocycles. The Balaban J connectivity index is 2.31. The molecular weight excluding hydrogens is 211 g/mol. The summed E-state index contributed by atoms with van der Waals surface area (Å²) < 4.78 is 18.9. The van der Waals surface area contributed by atoms with Crippen molar-refractivity contribution in [2.24, 2.45) is 5.50 Å². The van der Waals surface area contributed by atoms with Crippen LogP contribution in [0.5, 0.6) is 0 Å². The smallest absolute Gasteiger partial charge is 0.296 e. The molecule has 1 heterocycles. The van der Waals surface area contributed by atoms with E-state index in [0.717, 1.165) is 5.56 Å². The molecule has 0 spiro atoms. The molecule has 0 saturated carbocycles. The van der Waals surface area contributed by atoms with Gasteiger partial charge in [0, 0.05) is 6.04 Å². The maximum atomic E-state index is 11.8. The van der Waals surface area contributed by atoms with Crippen LogP contribution in [-0.2, 0) is 9.09 Å². The van der Waals surface area contributed by atoms with Crippen molar-refractivity contribution in [1.29, 1.82) is 0 Å². The Kier molecular flexibility index (Phi) is 2.69. The fourth-order valence-electron chi connectivity index (χ4n) is 1.76. The molecule has 0 aromatic heterocycles. The van der Waals surface area contributed by atoms with Gasteiger partial charge in [-0.2, -0.15) is 0 Å². The second-order valence-electron chi connectivity index (χ2n) is 3.82. The Morgan fingerprint density at radius 2 is 2.00 bits per heavy atom. The molecule has 82 valence electrons. The first kappa shape index (κ1) is 10.8. The fraction of sp³-hybridized carbons (Fsp3) is 0.400. The topological polar surface area (TPSA) is 55.6 Å². The standard InChI is InChI=1S/C10H15N2O2P/c1-8-10(9-6-4-3-5-7-9)14-15(11,13)12(8)2/h3-8,10H,1-2H3,(H2,11,13)/t8-,10?,15?/m0/s1. The summed E-state index contributed by atoms with van der Waals surface area (Å²) >= 11 is 0. The van der Waals surface area contributed by atoms with Crippen LogP contribution in [0, 0.1) is 0 Å². The predicted molar refractivity (Wildman–Crippen MR) is 59.3 cm³/mol. The minimum atomic E-state index is -3.08. The largest absolute Gasteiger partial charge is 0.341 e. The summed E-state index contributed by atoms with van der Waals surface area (Å²) in [6.45, 7) is 1.96. The van der Waals surface area contributed by atoms with Crippen molar-refractivity contribution in [3.8, 4) is 0 Å². The van der Waals surface area contributed by atoms with Crippen LogP contribution >= 0.6 is 7.67 Å². The third-order valence-electron chi connectivity index (χ3n) is 2.86. The summed E-state index contributed by atoms with van der Waals surface area (Å²) in [6, 6.07) is 9.76. The van der Waals surface area contributed by atoms with E-state index in [2.05, 4.69) is 0 Å². The van der Waals surface area contributed by atoms with E-state index in [9.17, 15) is 4.57 Å². The number of nitrogens with zero attached hydrogens (tertiary/aromatic N) is 1. The number of nitrogens with two attached hydrogens (primary N) is 1. The van der Waals surface area contributed by atoms with Crippen LogP contribution in [0.3, 0.4) is 0 Å². The van der Waals surface area contributed by atoms with Crippen LogP contribution in [0.15, 0.2) is 30.3 Å². The normalized spacial score (nSPS) is 37.0. The summed E-state index contributed by atoms with van der Waals surface area (Å²) in [7, 11) is -1.35. The molecule has 15 heavy (non-hydrogen) atoms. The Morgan fingerprint density at radius 3 is 2.47 bits per heavy atom. The highest BCUT2D eigenvalue weighted by Gasteiger charge is 2.43. The van der Waals surface area contributed by atoms with Gasteiger partial charge in [0.05, 0.1) is 0 Å². The Labute approximate surface area is 89.6 Å². The van der Waals surface area contributed by atoms with Gasteiger partial charge in [-0.05, 0) is 19.5 Å². The van der Waals surface area contributed by atoms with Crippen molar-refractivity contribution >= 4 is 7.67 Å². The zero-order valence-corrected chi connectivity index (χ0v) is 9.72. The van der Waals surface area contributed by atoms with Crippen molar-refractivity contribution in [1.82, 2.24) is 4.67 Å². The molecular formula is C10H15N2O2P. The predicted octanol–water partition coefficient (Wildman–Crippen LogP) is 2.15. The number of hydrogen-bond acceptors (Lipinski definition) is 2. The summed E-state index contributed by atoms with van der Waals surface area (Å²) in [5, 5.41) is 0. The highest BCUT2D eigenvalue weighted by Crippen LogP contribution is 2.56. The first-order valence-electron chi connectivity index (χ1n) is 4.87. The first-order chi connectivity index (χ1) is 7.02. The molecule has 1 aliphatic heterocycles. The second-order valence-corrected chi connectivity index (χ2v) is 5.79. The Hall–Kier alpha value is -0.670. The summed E-state index contributed by atoms with van der Waals surface area (Å²) in [5.74, 6) is 0. The molecule has 2 rings (SSSR count). The van der Waals surface area contributed by atoms with Crippen LogP contribution in [0.1, 0.15) is 18.6 Å². The lowest BCUT2D eigenvalue weighted by atomic mass is 10.0. The average molecular weight is 226 g/mol. The van der Waals surface area contributed by atoms with Crippen molar-refractivity contribution in [2.75, 3.05) is 7.05 Å².